The van der Waals surface area contributed by atoms with Crippen LogP contribution in [-0.4, -0.2) is 62.3 Å². The van der Waals surface area contributed by atoms with Crippen molar-refractivity contribution in [1.29, 1.82) is 0 Å². The summed E-state index contributed by atoms with van der Waals surface area (Å²) in [6.45, 7) is 5.51. The first-order valence-electron chi connectivity index (χ1n) is 7.36. The van der Waals surface area contributed by atoms with Gasteiger partial charge in [-0.1, -0.05) is 0 Å². The zero-order chi connectivity index (χ0) is 15.8. The number of ether oxygens (including phenoxy) is 2. The number of piperazine rings is 1. The fourth-order valence-corrected chi connectivity index (χ4v) is 2.22. The maximum Gasteiger partial charge on any atom is 0.513 e. The molecule has 7 heteroatoms. The first-order chi connectivity index (χ1) is 10.7. The molecule has 1 heterocycles. The Bertz CT molecular complexity index is 484. The molecule has 0 unspecified atom stereocenters. The van der Waals surface area contributed by atoms with E-state index < -0.39 is 6.16 Å². The third kappa shape index (κ3) is 5.42. The zero-order valence-electron chi connectivity index (χ0n) is 12.7. The van der Waals surface area contributed by atoms with Gasteiger partial charge in [0.25, 0.3) is 0 Å². The molecule has 7 nitrogen and oxygen atoms in total. The van der Waals surface area contributed by atoms with Crippen molar-refractivity contribution in [1.82, 2.24) is 9.80 Å². The topological polar surface area (TPSA) is 71.4 Å². The van der Waals surface area contributed by atoms with Crippen LogP contribution in [0, 0.1) is 4.91 Å². The highest BCUT2D eigenvalue weighted by Crippen LogP contribution is 2.17. The lowest BCUT2D eigenvalue weighted by molar-refractivity contribution is 0.0897. The van der Waals surface area contributed by atoms with Gasteiger partial charge in [0.05, 0.1) is 6.61 Å². The van der Waals surface area contributed by atoms with Gasteiger partial charge in [0, 0.05) is 32.7 Å². The number of carbonyl (C=O) groups is 1. The smallest absolute Gasteiger partial charge is 0.434 e. The summed E-state index contributed by atoms with van der Waals surface area (Å²) in [5, 5.41) is 2.77. The molecule has 1 aromatic carbocycles. The van der Waals surface area contributed by atoms with Crippen LogP contribution in [0.25, 0.3) is 0 Å². The molecule has 0 amide bonds. The minimum absolute atomic E-state index is 0.285. The lowest BCUT2D eigenvalue weighted by atomic mass is 10.3. The van der Waals surface area contributed by atoms with Gasteiger partial charge < -0.3 is 19.3 Å². The maximum absolute atomic E-state index is 11.5. The Labute approximate surface area is 129 Å². The third-order valence-electron chi connectivity index (χ3n) is 3.58. The molecular weight excluding hydrogens is 286 g/mol. The van der Waals surface area contributed by atoms with Crippen LogP contribution >= 0.6 is 0 Å². The zero-order valence-corrected chi connectivity index (χ0v) is 12.7. The highest BCUT2D eigenvalue weighted by molar-refractivity contribution is 5.64. The Balaban J connectivity index is 1.60. The summed E-state index contributed by atoms with van der Waals surface area (Å²) in [6.07, 6.45) is 0.0532. The molecule has 120 valence electrons. The first kappa shape index (κ1) is 16.4. The molecule has 1 fully saturated rings. The van der Waals surface area contributed by atoms with E-state index in [1.54, 1.807) is 0 Å². The molecule has 0 spiro atoms. The van der Waals surface area contributed by atoms with Crippen LogP contribution in [0.2, 0.25) is 0 Å². The van der Waals surface area contributed by atoms with Crippen molar-refractivity contribution in [3.63, 3.8) is 0 Å². The number of carbonyl (C=O) groups excluding carboxylic acids is 1. The molecule has 0 aliphatic carbocycles. The second kappa shape index (κ2) is 8.45. The van der Waals surface area contributed by atoms with E-state index in [1.807, 2.05) is 0 Å². The third-order valence-corrected chi connectivity index (χ3v) is 3.58. The Kier molecular flexibility index (Phi) is 6.29. The summed E-state index contributed by atoms with van der Waals surface area (Å²) in [4.78, 5) is 26.4. The van der Waals surface area contributed by atoms with E-state index >= 15 is 0 Å². The second-order valence-corrected chi connectivity index (χ2v) is 5.28. The summed E-state index contributed by atoms with van der Waals surface area (Å²) in [6, 6.07) is 5.95. The summed E-state index contributed by atoms with van der Waals surface area (Å²) in [5.41, 5.74) is 0.285. The van der Waals surface area contributed by atoms with Gasteiger partial charge in [0.2, 0.25) is 0 Å². The molecule has 2 rings (SSSR count). The standard InChI is InChI=1S/C15H21N3O4/c1-17-8-10-18(11-9-17)7-2-12-21-15(19)22-14-5-3-13(16-20)4-6-14/h3-6H,2,7-12H2,1H3. The average molecular weight is 307 g/mol. The molecule has 1 aliphatic rings. The van der Waals surface area contributed by atoms with Gasteiger partial charge >= 0.3 is 6.16 Å². The van der Waals surface area contributed by atoms with Crippen LogP contribution in [-0.2, 0) is 4.74 Å². The average Bonchev–Trinajstić information content (AvgIpc) is 2.54. The number of likely N-dealkylation sites (N-methyl/N-ethyl adjacent to an activating group) is 1. The van der Waals surface area contributed by atoms with Crippen molar-refractivity contribution in [2.75, 3.05) is 46.4 Å². The van der Waals surface area contributed by atoms with Crippen molar-refractivity contribution in [2.45, 2.75) is 6.42 Å². The van der Waals surface area contributed by atoms with E-state index in [9.17, 15) is 9.70 Å². The number of nitroso groups, excluding NO2 is 1. The van der Waals surface area contributed by atoms with Gasteiger partial charge in [-0.2, -0.15) is 0 Å². The molecule has 0 aromatic heterocycles. The van der Waals surface area contributed by atoms with Crippen LogP contribution in [0.5, 0.6) is 5.75 Å². The normalized spacial score (nSPS) is 16.2. The Morgan fingerprint density at radius 1 is 1.18 bits per heavy atom. The predicted molar refractivity (Wildman–Crippen MR) is 82.4 cm³/mol. The van der Waals surface area contributed by atoms with E-state index in [1.165, 1.54) is 24.3 Å². The number of benzene rings is 1. The molecular formula is C15H21N3O4. The Morgan fingerprint density at radius 2 is 1.86 bits per heavy atom. The summed E-state index contributed by atoms with van der Waals surface area (Å²) >= 11 is 0. The highest BCUT2D eigenvalue weighted by Gasteiger charge is 2.13. The van der Waals surface area contributed by atoms with Crippen molar-refractivity contribution < 1.29 is 14.3 Å². The number of hydrogen-bond donors (Lipinski definition) is 0. The van der Waals surface area contributed by atoms with Crippen LogP contribution in [0.1, 0.15) is 6.42 Å². The minimum atomic E-state index is -0.731. The van der Waals surface area contributed by atoms with E-state index in [4.69, 9.17) is 9.47 Å². The van der Waals surface area contributed by atoms with Gasteiger partial charge in [-0.3, -0.25) is 0 Å². The molecule has 0 bridgehead atoms. The maximum atomic E-state index is 11.5. The molecule has 0 atom stereocenters. The molecule has 0 N–H and O–H groups in total. The lowest BCUT2D eigenvalue weighted by Gasteiger charge is -2.32. The van der Waals surface area contributed by atoms with Gasteiger partial charge in [-0.25, -0.2) is 4.79 Å². The summed E-state index contributed by atoms with van der Waals surface area (Å²) < 4.78 is 10.0. The van der Waals surface area contributed by atoms with Crippen molar-refractivity contribution in [2.24, 2.45) is 5.18 Å². The van der Waals surface area contributed by atoms with Crippen molar-refractivity contribution in [3.05, 3.63) is 29.2 Å². The number of rotatable bonds is 6. The fourth-order valence-electron chi connectivity index (χ4n) is 2.22. The van der Waals surface area contributed by atoms with Crippen molar-refractivity contribution in [3.8, 4) is 5.75 Å². The lowest BCUT2D eigenvalue weighted by Crippen LogP contribution is -2.44. The Hall–Kier alpha value is -1.99. The van der Waals surface area contributed by atoms with Crippen LogP contribution in [0.4, 0.5) is 10.5 Å². The summed E-state index contributed by atoms with van der Waals surface area (Å²) in [5.74, 6) is 0.330. The van der Waals surface area contributed by atoms with E-state index in [-0.39, 0.29) is 5.69 Å². The molecule has 0 saturated carbocycles. The molecule has 1 aliphatic heterocycles. The monoisotopic (exact) mass is 307 g/mol. The fraction of sp³-hybridized carbons (Fsp3) is 0.533. The van der Waals surface area contributed by atoms with Crippen LogP contribution in [0.3, 0.4) is 0 Å². The van der Waals surface area contributed by atoms with E-state index in [2.05, 4.69) is 22.0 Å². The largest absolute Gasteiger partial charge is 0.513 e. The van der Waals surface area contributed by atoms with E-state index in [0.29, 0.717) is 12.4 Å². The van der Waals surface area contributed by atoms with Gasteiger partial charge in [0.1, 0.15) is 11.4 Å². The summed E-state index contributed by atoms with van der Waals surface area (Å²) in [7, 11) is 2.12. The van der Waals surface area contributed by atoms with E-state index in [0.717, 1.165) is 39.1 Å². The van der Waals surface area contributed by atoms with Gasteiger partial charge in [0.15, 0.2) is 0 Å². The van der Waals surface area contributed by atoms with Gasteiger partial charge in [-0.15, -0.1) is 4.91 Å². The molecule has 1 saturated heterocycles. The van der Waals surface area contributed by atoms with Crippen molar-refractivity contribution >= 4 is 11.8 Å². The molecule has 0 radical (unpaired) electrons. The molecule has 22 heavy (non-hydrogen) atoms. The van der Waals surface area contributed by atoms with Crippen LogP contribution in [0.15, 0.2) is 29.4 Å². The number of nitrogens with zero attached hydrogens (tertiary/aromatic N) is 3. The second-order valence-electron chi connectivity index (χ2n) is 5.28. The minimum Gasteiger partial charge on any atom is -0.434 e. The quantitative estimate of drug-likeness (QED) is 0.347. The number of hydrogen-bond acceptors (Lipinski definition) is 7. The Morgan fingerprint density at radius 3 is 2.50 bits per heavy atom. The molecule has 1 aromatic rings. The van der Waals surface area contributed by atoms with Gasteiger partial charge in [-0.05, 0) is 42.9 Å². The highest BCUT2D eigenvalue weighted by atomic mass is 16.7. The SMILES string of the molecule is CN1CCN(CCCOC(=O)Oc2ccc(N=O)cc2)CC1. The first-order valence-corrected chi connectivity index (χ1v) is 7.36. The predicted octanol–water partition coefficient (Wildman–Crippen LogP) is 2.24. The van der Waals surface area contributed by atoms with Crippen LogP contribution < -0.4 is 4.74 Å².